The number of anilines is 1. The van der Waals surface area contributed by atoms with Crippen LogP contribution in [0.1, 0.15) is 38.5 Å². The second-order valence-electron chi connectivity index (χ2n) is 7.44. The van der Waals surface area contributed by atoms with E-state index in [1.807, 2.05) is 6.07 Å². The molecule has 0 saturated heterocycles. The highest BCUT2D eigenvalue weighted by molar-refractivity contribution is 6.31. The molecule has 0 amide bonds. The summed E-state index contributed by atoms with van der Waals surface area (Å²) in [5, 5.41) is 0.623. The molecule has 0 aromatic carbocycles. The van der Waals surface area contributed by atoms with E-state index in [9.17, 15) is 0 Å². The Morgan fingerprint density at radius 3 is 2.38 bits per heavy atom. The molecule has 0 aliphatic heterocycles. The fourth-order valence-corrected chi connectivity index (χ4v) is 5.92. The monoisotopic (exact) mass is 302 g/mol. The first-order valence-corrected chi connectivity index (χ1v) is 8.31. The average molecular weight is 303 g/mol. The number of imidazole rings is 1. The van der Waals surface area contributed by atoms with Gasteiger partial charge in [-0.25, -0.2) is 9.97 Å². The molecule has 2 heterocycles. The van der Waals surface area contributed by atoms with E-state index in [-0.39, 0.29) is 5.54 Å². The van der Waals surface area contributed by atoms with Gasteiger partial charge in [-0.3, -0.25) is 4.57 Å². The fourth-order valence-electron chi connectivity index (χ4n) is 5.76. The number of hydrogen-bond donors (Lipinski definition) is 1. The van der Waals surface area contributed by atoms with Crippen LogP contribution < -0.4 is 5.73 Å². The summed E-state index contributed by atoms with van der Waals surface area (Å²) in [6.45, 7) is 0. The van der Waals surface area contributed by atoms with Gasteiger partial charge in [-0.1, -0.05) is 11.6 Å². The van der Waals surface area contributed by atoms with Crippen LogP contribution in [0, 0.1) is 17.8 Å². The van der Waals surface area contributed by atoms with Crippen molar-refractivity contribution in [1.82, 2.24) is 14.5 Å². The van der Waals surface area contributed by atoms with Crippen LogP contribution in [0.2, 0.25) is 5.02 Å². The molecule has 2 aromatic heterocycles. The molecule has 0 unspecified atom stereocenters. The number of nitrogen functional groups attached to an aromatic ring is 1. The van der Waals surface area contributed by atoms with E-state index in [2.05, 4.69) is 14.5 Å². The highest BCUT2D eigenvalue weighted by Crippen LogP contribution is 2.59. The minimum atomic E-state index is 0.161. The van der Waals surface area contributed by atoms with Crippen LogP contribution in [0.4, 0.5) is 5.95 Å². The summed E-state index contributed by atoms with van der Waals surface area (Å²) in [5.74, 6) is 3.24. The summed E-state index contributed by atoms with van der Waals surface area (Å²) in [6, 6.07) is 1.87. The predicted molar refractivity (Wildman–Crippen MR) is 83.1 cm³/mol. The number of nitrogens with two attached hydrogens (primary N) is 1. The van der Waals surface area contributed by atoms with Crippen molar-refractivity contribution in [2.75, 3.05) is 5.73 Å². The molecule has 110 valence electrons. The lowest BCUT2D eigenvalue weighted by molar-refractivity contribution is -0.0401. The maximum atomic E-state index is 6.29. The number of rotatable bonds is 1. The van der Waals surface area contributed by atoms with Crippen LogP contribution in [0.3, 0.4) is 0 Å². The van der Waals surface area contributed by atoms with Crippen molar-refractivity contribution >= 4 is 28.7 Å². The van der Waals surface area contributed by atoms with E-state index in [1.54, 1.807) is 6.20 Å². The zero-order valence-electron chi connectivity index (χ0n) is 11.9. The molecule has 6 rings (SSSR count). The molecule has 0 radical (unpaired) electrons. The van der Waals surface area contributed by atoms with Crippen LogP contribution in [0.25, 0.3) is 11.2 Å². The summed E-state index contributed by atoms with van der Waals surface area (Å²) >= 11 is 6.05. The first-order chi connectivity index (χ1) is 10.1. The van der Waals surface area contributed by atoms with Gasteiger partial charge in [-0.15, -0.1) is 0 Å². The molecule has 0 atom stereocenters. The van der Waals surface area contributed by atoms with Gasteiger partial charge in [0.2, 0.25) is 5.95 Å². The second kappa shape index (κ2) is 3.92. The molecule has 4 bridgehead atoms. The molecule has 4 aliphatic carbocycles. The lowest BCUT2D eigenvalue weighted by atomic mass is 9.53. The molecule has 4 nitrogen and oxygen atoms in total. The summed E-state index contributed by atoms with van der Waals surface area (Å²) in [7, 11) is 0. The Hall–Kier alpha value is -1.29. The predicted octanol–water partition coefficient (Wildman–Crippen LogP) is 3.59. The van der Waals surface area contributed by atoms with Gasteiger partial charge in [-0.05, 0) is 62.3 Å². The third-order valence-corrected chi connectivity index (χ3v) is 6.18. The Morgan fingerprint density at radius 2 is 1.76 bits per heavy atom. The standard InChI is InChI=1S/C16H19ClN4/c17-12-4-13-14(19-8-12)21(15(18)20-13)16-5-9-1-10(6-16)3-11(2-9)7-16/h4,8-11H,1-3,5-7H2,(H2,18,20). The summed E-state index contributed by atoms with van der Waals surface area (Å²) in [5.41, 5.74) is 8.20. The third-order valence-electron chi connectivity index (χ3n) is 5.97. The summed E-state index contributed by atoms with van der Waals surface area (Å²) < 4.78 is 2.25. The molecule has 4 aliphatic rings. The SMILES string of the molecule is Nc1nc2cc(Cl)cnc2n1C12CC3CC(CC(C3)C1)C2. The van der Waals surface area contributed by atoms with Crippen LogP contribution in [-0.2, 0) is 5.54 Å². The largest absolute Gasteiger partial charge is 0.369 e. The molecule has 4 saturated carbocycles. The van der Waals surface area contributed by atoms with Gasteiger partial charge in [0.1, 0.15) is 5.52 Å². The van der Waals surface area contributed by atoms with Gasteiger partial charge >= 0.3 is 0 Å². The van der Waals surface area contributed by atoms with E-state index in [0.717, 1.165) is 28.9 Å². The molecule has 4 fully saturated rings. The van der Waals surface area contributed by atoms with Crippen molar-refractivity contribution < 1.29 is 0 Å². The Morgan fingerprint density at radius 1 is 1.14 bits per heavy atom. The van der Waals surface area contributed by atoms with E-state index in [4.69, 9.17) is 17.3 Å². The molecule has 2 aromatic rings. The normalized spacial score (nSPS) is 37.5. The zero-order valence-corrected chi connectivity index (χ0v) is 12.7. The average Bonchev–Trinajstić information content (AvgIpc) is 2.72. The van der Waals surface area contributed by atoms with Crippen molar-refractivity contribution in [3.8, 4) is 0 Å². The summed E-state index contributed by atoms with van der Waals surface area (Å²) in [6.07, 6.45) is 9.72. The Bertz CT molecular complexity index is 700. The maximum Gasteiger partial charge on any atom is 0.202 e. The number of nitrogens with zero attached hydrogens (tertiary/aromatic N) is 3. The van der Waals surface area contributed by atoms with Gasteiger partial charge in [0, 0.05) is 6.20 Å². The number of aromatic nitrogens is 3. The third kappa shape index (κ3) is 1.62. The second-order valence-corrected chi connectivity index (χ2v) is 7.88. The molecule has 5 heteroatoms. The van der Waals surface area contributed by atoms with Crippen molar-refractivity contribution in [3.05, 3.63) is 17.3 Å². The molecule has 0 spiro atoms. The van der Waals surface area contributed by atoms with Crippen molar-refractivity contribution in [1.29, 1.82) is 0 Å². The zero-order chi connectivity index (χ0) is 14.2. The van der Waals surface area contributed by atoms with E-state index in [0.29, 0.717) is 11.0 Å². The van der Waals surface area contributed by atoms with Crippen molar-refractivity contribution in [2.24, 2.45) is 17.8 Å². The summed E-state index contributed by atoms with van der Waals surface area (Å²) in [4.78, 5) is 9.07. The Labute approximate surface area is 128 Å². The van der Waals surface area contributed by atoms with E-state index >= 15 is 0 Å². The highest BCUT2D eigenvalue weighted by Gasteiger charge is 2.53. The molecule has 2 N–H and O–H groups in total. The molecular formula is C16H19ClN4. The van der Waals surface area contributed by atoms with Gasteiger partial charge < -0.3 is 5.73 Å². The fraction of sp³-hybridized carbons (Fsp3) is 0.625. The van der Waals surface area contributed by atoms with E-state index < -0.39 is 0 Å². The molecular weight excluding hydrogens is 284 g/mol. The van der Waals surface area contributed by atoms with Gasteiger partial charge in [0.25, 0.3) is 0 Å². The van der Waals surface area contributed by atoms with Gasteiger partial charge in [0.05, 0.1) is 10.6 Å². The van der Waals surface area contributed by atoms with Crippen LogP contribution in [-0.4, -0.2) is 14.5 Å². The highest BCUT2D eigenvalue weighted by atomic mass is 35.5. The minimum Gasteiger partial charge on any atom is -0.369 e. The Balaban J connectivity index is 1.72. The lowest BCUT2D eigenvalue weighted by Gasteiger charge is -2.57. The van der Waals surface area contributed by atoms with Crippen molar-refractivity contribution in [3.63, 3.8) is 0 Å². The first kappa shape index (κ1) is 12.3. The quantitative estimate of drug-likeness (QED) is 0.876. The van der Waals surface area contributed by atoms with Gasteiger partial charge in [0.15, 0.2) is 5.65 Å². The smallest absolute Gasteiger partial charge is 0.202 e. The van der Waals surface area contributed by atoms with Crippen molar-refractivity contribution in [2.45, 2.75) is 44.1 Å². The maximum absolute atomic E-state index is 6.29. The lowest BCUT2D eigenvalue weighted by Crippen LogP contribution is -2.52. The number of halogens is 1. The number of pyridine rings is 1. The van der Waals surface area contributed by atoms with E-state index in [1.165, 1.54) is 38.5 Å². The topological polar surface area (TPSA) is 56.7 Å². The Kier molecular flexibility index (Phi) is 2.29. The van der Waals surface area contributed by atoms with Crippen LogP contribution in [0.5, 0.6) is 0 Å². The first-order valence-electron chi connectivity index (χ1n) is 7.93. The van der Waals surface area contributed by atoms with Crippen LogP contribution >= 0.6 is 11.6 Å². The number of hydrogen-bond acceptors (Lipinski definition) is 3. The van der Waals surface area contributed by atoms with Crippen LogP contribution in [0.15, 0.2) is 12.3 Å². The minimum absolute atomic E-state index is 0.161. The number of fused-ring (bicyclic) bond motifs is 1. The molecule has 21 heavy (non-hydrogen) atoms. The van der Waals surface area contributed by atoms with Gasteiger partial charge in [-0.2, -0.15) is 0 Å².